The maximum atomic E-state index is 10.6. The first-order valence-corrected chi connectivity index (χ1v) is 10.6. The Morgan fingerprint density at radius 1 is 0.861 bits per heavy atom. The summed E-state index contributed by atoms with van der Waals surface area (Å²) >= 11 is 0. The molecule has 8 nitrogen and oxygen atoms in total. The summed E-state index contributed by atoms with van der Waals surface area (Å²) in [6, 6.07) is 23.9. The highest BCUT2D eigenvalue weighted by atomic mass is 19.4. The third-order valence-corrected chi connectivity index (χ3v) is 5.06. The van der Waals surface area contributed by atoms with E-state index >= 15 is 0 Å². The molecular weight excluding hydrogens is 473 g/mol. The fraction of sp³-hybridized carbons (Fsp3) is 0.0800. The molecule has 182 valence electrons. The van der Waals surface area contributed by atoms with E-state index < -0.39 is 12.1 Å². The minimum absolute atomic E-state index is 0.509. The number of aliphatic carboxylic acids is 1. The van der Waals surface area contributed by atoms with Crippen molar-refractivity contribution in [1.82, 2.24) is 25.1 Å². The van der Waals surface area contributed by atoms with Crippen LogP contribution in [0.25, 0.3) is 45.1 Å². The summed E-state index contributed by atoms with van der Waals surface area (Å²) in [5, 5.41) is 14.1. The molecule has 3 heterocycles. The fourth-order valence-corrected chi connectivity index (χ4v) is 3.29. The molecule has 0 unspecified atom stereocenters. The smallest absolute Gasteiger partial charge is 0.475 e. The van der Waals surface area contributed by atoms with Crippen molar-refractivity contribution < 1.29 is 23.1 Å². The van der Waals surface area contributed by atoms with E-state index in [0.717, 1.165) is 45.0 Å². The lowest BCUT2D eigenvalue weighted by atomic mass is 10.0. The number of benzene rings is 2. The van der Waals surface area contributed by atoms with Gasteiger partial charge in [-0.1, -0.05) is 54.6 Å². The van der Waals surface area contributed by atoms with E-state index in [0.29, 0.717) is 12.2 Å². The van der Waals surface area contributed by atoms with Crippen molar-refractivity contribution in [2.45, 2.75) is 12.7 Å². The number of fused-ring (bicyclic) bond motifs is 1. The minimum Gasteiger partial charge on any atom is -0.475 e. The van der Waals surface area contributed by atoms with E-state index in [-0.39, 0.29) is 0 Å². The molecule has 0 aliphatic rings. The molecule has 0 spiro atoms. The number of nitrogens with zero attached hydrogens (tertiary/aromatic N) is 4. The second kappa shape index (κ2) is 10.3. The molecule has 2 aromatic carbocycles. The van der Waals surface area contributed by atoms with E-state index in [1.165, 1.54) is 0 Å². The van der Waals surface area contributed by atoms with Crippen molar-refractivity contribution in [3.63, 3.8) is 0 Å². The number of hydrogen-bond donors (Lipinski definition) is 3. The third-order valence-electron chi connectivity index (χ3n) is 5.06. The Hall–Kier alpha value is -4.64. The van der Waals surface area contributed by atoms with Gasteiger partial charge in [0.05, 0.1) is 22.8 Å². The number of carboxylic acids is 1. The van der Waals surface area contributed by atoms with Gasteiger partial charge in [0.15, 0.2) is 5.65 Å². The molecule has 0 bridgehead atoms. The molecule has 0 amide bonds. The molecule has 5 aromatic rings. The number of nitrogens with one attached hydrogen (secondary N) is 1. The van der Waals surface area contributed by atoms with Crippen molar-refractivity contribution in [3.8, 4) is 33.9 Å². The molecule has 0 saturated heterocycles. The van der Waals surface area contributed by atoms with E-state index in [2.05, 4.69) is 10.2 Å². The lowest BCUT2D eigenvalue weighted by molar-refractivity contribution is -0.192. The van der Waals surface area contributed by atoms with Gasteiger partial charge in [0.2, 0.25) is 0 Å². The Kier molecular flexibility index (Phi) is 7.02. The number of nitrogens with two attached hydrogens (primary N) is 1. The number of aromatic nitrogens is 5. The van der Waals surface area contributed by atoms with Gasteiger partial charge in [-0.25, -0.2) is 19.7 Å². The summed E-state index contributed by atoms with van der Waals surface area (Å²) in [6.45, 7) is 0.509. The maximum Gasteiger partial charge on any atom is 0.490 e. The van der Waals surface area contributed by atoms with Crippen LogP contribution >= 0.6 is 0 Å². The standard InChI is InChI=1S/C23H18N6.C2HF3O2/c24-14-15-6-8-17(9-7-15)21-22(16-4-2-1-3-5-16)28-23-20(26-21)11-10-18(27-23)19-12-13-25-29-19;3-2(4,5)1(6)7/h1-13H,14,24H2,(H,25,29);(H,6,7). The van der Waals surface area contributed by atoms with Crippen LogP contribution in [0.4, 0.5) is 13.2 Å². The van der Waals surface area contributed by atoms with Crippen molar-refractivity contribution in [1.29, 1.82) is 0 Å². The number of hydrogen-bond acceptors (Lipinski definition) is 6. The first-order chi connectivity index (χ1) is 17.3. The van der Waals surface area contributed by atoms with Crippen LogP contribution in [0.15, 0.2) is 79.0 Å². The van der Waals surface area contributed by atoms with Gasteiger partial charge >= 0.3 is 12.1 Å². The van der Waals surface area contributed by atoms with Crippen molar-refractivity contribution in [2.75, 3.05) is 0 Å². The molecule has 0 aliphatic carbocycles. The van der Waals surface area contributed by atoms with E-state index in [1.807, 2.05) is 72.8 Å². The van der Waals surface area contributed by atoms with Crippen molar-refractivity contribution >= 4 is 17.1 Å². The van der Waals surface area contributed by atoms with Gasteiger partial charge in [0, 0.05) is 23.9 Å². The zero-order valence-corrected chi connectivity index (χ0v) is 18.6. The van der Waals surface area contributed by atoms with Crippen LogP contribution in [-0.4, -0.2) is 42.4 Å². The number of rotatable bonds is 4. The quantitative estimate of drug-likeness (QED) is 0.327. The highest BCUT2D eigenvalue weighted by Gasteiger charge is 2.38. The highest BCUT2D eigenvalue weighted by Crippen LogP contribution is 2.31. The summed E-state index contributed by atoms with van der Waals surface area (Å²) in [6.07, 6.45) is -3.38. The Labute approximate surface area is 202 Å². The molecule has 4 N–H and O–H groups in total. The van der Waals surface area contributed by atoms with Gasteiger partial charge in [-0.05, 0) is 23.8 Å². The third kappa shape index (κ3) is 5.53. The number of carboxylic acid groups (broad SMARTS) is 1. The number of aromatic amines is 1. The highest BCUT2D eigenvalue weighted by molar-refractivity contribution is 5.85. The predicted octanol–water partition coefficient (Wildman–Crippen LogP) is 4.84. The van der Waals surface area contributed by atoms with Crippen LogP contribution in [0.3, 0.4) is 0 Å². The Morgan fingerprint density at radius 2 is 1.50 bits per heavy atom. The van der Waals surface area contributed by atoms with Crippen LogP contribution < -0.4 is 5.73 Å². The zero-order valence-electron chi connectivity index (χ0n) is 18.6. The molecule has 5 rings (SSSR count). The van der Waals surface area contributed by atoms with Gasteiger partial charge < -0.3 is 10.8 Å². The van der Waals surface area contributed by atoms with Crippen molar-refractivity contribution in [2.24, 2.45) is 5.73 Å². The summed E-state index contributed by atoms with van der Waals surface area (Å²) < 4.78 is 31.7. The second-order valence-electron chi connectivity index (χ2n) is 7.50. The Balaban J connectivity index is 0.000000384. The number of H-pyrrole nitrogens is 1. The Bertz CT molecular complexity index is 1470. The van der Waals surface area contributed by atoms with E-state index in [4.69, 9.17) is 30.6 Å². The van der Waals surface area contributed by atoms with Crippen LogP contribution in [-0.2, 0) is 11.3 Å². The van der Waals surface area contributed by atoms with Crippen molar-refractivity contribution in [3.05, 3.63) is 84.6 Å². The first kappa shape index (κ1) is 24.5. The van der Waals surface area contributed by atoms with Crippen LogP contribution in [0.5, 0.6) is 0 Å². The largest absolute Gasteiger partial charge is 0.490 e. The predicted molar refractivity (Wildman–Crippen MR) is 127 cm³/mol. The van der Waals surface area contributed by atoms with Gasteiger partial charge in [-0.15, -0.1) is 0 Å². The molecule has 3 aromatic heterocycles. The van der Waals surface area contributed by atoms with Gasteiger partial charge in [0.25, 0.3) is 0 Å². The van der Waals surface area contributed by atoms with Gasteiger partial charge in [-0.3, -0.25) is 5.10 Å². The molecule has 36 heavy (non-hydrogen) atoms. The normalized spacial score (nSPS) is 11.1. The van der Waals surface area contributed by atoms with E-state index in [1.54, 1.807) is 6.20 Å². The second-order valence-corrected chi connectivity index (χ2v) is 7.50. The average Bonchev–Trinajstić information content (AvgIpc) is 3.43. The first-order valence-electron chi connectivity index (χ1n) is 10.6. The topological polar surface area (TPSA) is 131 Å². The van der Waals surface area contributed by atoms with Gasteiger partial charge in [0.1, 0.15) is 5.52 Å². The SMILES string of the molecule is NCc1ccc(-c2nc3ccc(-c4ccn[nH]4)nc3nc2-c2ccccc2)cc1.O=C(O)C(F)(F)F. The van der Waals surface area contributed by atoms with Crippen LogP contribution in [0.1, 0.15) is 5.56 Å². The molecule has 0 atom stereocenters. The summed E-state index contributed by atoms with van der Waals surface area (Å²) in [5.41, 5.74) is 13.4. The van der Waals surface area contributed by atoms with Crippen LogP contribution in [0.2, 0.25) is 0 Å². The molecule has 11 heteroatoms. The number of carbonyl (C=O) groups is 1. The molecular formula is C25H19F3N6O2. The average molecular weight is 492 g/mol. The summed E-state index contributed by atoms with van der Waals surface area (Å²) in [5.74, 6) is -2.76. The lowest BCUT2D eigenvalue weighted by Crippen LogP contribution is -2.21. The molecule has 0 fully saturated rings. The zero-order chi connectivity index (χ0) is 25.7. The minimum atomic E-state index is -5.08. The maximum absolute atomic E-state index is 10.6. The fourth-order valence-electron chi connectivity index (χ4n) is 3.29. The monoisotopic (exact) mass is 492 g/mol. The van der Waals surface area contributed by atoms with Gasteiger partial charge in [-0.2, -0.15) is 18.3 Å². The lowest BCUT2D eigenvalue weighted by Gasteiger charge is -2.11. The summed E-state index contributed by atoms with van der Waals surface area (Å²) in [7, 11) is 0. The molecule has 0 saturated carbocycles. The Morgan fingerprint density at radius 3 is 2.08 bits per heavy atom. The summed E-state index contributed by atoms with van der Waals surface area (Å²) in [4.78, 5) is 23.4. The molecule has 0 radical (unpaired) electrons. The number of alkyl halides is 3. The van der Waals surface area contributed by atoms with Crippen LogP contribution in [0, 0.1) is 0 Å². The number of halogens is 3. The number of pyridine rings is 1. The molecule has 0 aliphatic heterocycles. The van der Waals surface area contributed by atoms with E-state index in [9.17, 15) is 13.2 Å².